The molecule has 0 atom stereocenters. The molecule has 0 radical (unpaired) electrons. The van der Waals surface area contributed by atoms with E-state index in [4.69, 9.17) is 10.3 Å². The normalized spacial score (nSPS) is 10.8. The van der Waals surface area contributed by atoms with Gasteiger partial charge in [-0.3, -0.25) is 0 Å². The van der Waals surface area contributed by atoms with Crippen LogP contribution in [0.1, 0.15) is 5.89 Å². The van der Waals surface area contributed by atoms with E-state index in [1.54, 1.807) is 0 Å². The number of aromatic amines is 1. The van der Waals surface area contributed by atoms with E-state index in [0.29, 0.717) is 22.6 Å². The molecule has 0 spiro atoms. The Morgan fingerprint density at radius 3 is 3.00 bits per heavy atom. The first-order valence-corrected chi connectivity index (χ1v) is 7.38. The number of nitrogens with one attached hydrogen (secondary N) is 1. The largest absolute Gasteiger partial charge is 0.368 e. The Balaban J connectivity index is 1.70. The number of nitrogens with zero attached hydrogens (tertiary/aromatic N) is 4. The number of thioether (sulfide) groups is 1. The standard InChI is InChI=1S/C11H9BrN6OS/c12-7-3-1-2-6(4-7)9-14-8(19-18-9)5-20-11-15-10(13)16-17-11/h1-4H,5H2,(H3,13,15,16,17). The van der Waals surface area contributed by atoms with Crippen LogP contribution in [-0.2, 0) is 5.75 Å². The predicted molar refractivity (Wildman–Crippen MR) is 77.8 cm³/mol. The monoisotopic (exact) mass is 352 g/mol. The number of nitrogen functional groups attached to an aromatic ring is 1. The van der Waals surface area contributed by atoms with Crippen molar-refractivity contribution in [3.05, 3.63) is 34.6 Å². The fraction of sp³-hybridized carbons (Fsp3) is 0.0909. The number of aromatic nitrogens is 5. The van der Waals surface area contributed by atoms with Gasteiger partial charge >= 0.3 is 0 Å². The predicted octanol–water partition coefficient (Wildman–Crippen LogP) is 2.49. The van der Waals surface area contributed by atoms with Gasteiger partial charge in [-0.05, 0) is 12.1 Å². The lowest BCUT2D eigenvalue weighted by Gasteiger charge is -1.94. The topological polar surface area (TPSA) is 107 Å². The summed E-state index contributed by atoms with van der Waals surface area (Å²) in [4.78, 5) is 8.31. The third-order valence-corrected chi connectivity index (χ3v) is 3.68. The van der Waals surface area contributed by atoms with Gasteiger partial charge < -0.3 is 10.3 Å². The summed E-state index contributed by atoms with van der Waals surface area (Å²) in [5, 5.41) is 11.0. The molecule has 0 aliphatic carbocycles. The van der Waals surface area contributed by atoms with E-state index in [2.05, 4.69) is 41.3 Å². The fourth-order valence-corrected chi connectivity index (χ4v) is 2.55. The molecule has 20 heavy (non-hydrogen) atoms. The lowest BCUT2D eigenvalue weighted by molar-refractivity contribution is 0.391. The summed E-state index contributed by atoms with van der Waals surface area (Å²) in [7, 11) is 0. The number of nitrogens with two attached hydrogens (primary N) is 1. The summed E-state index contributed by atoms with van der Waals surface area (Å²) in [6, 6.07) is 7.70. The molecule has 0 saturated heterocycles. The second-order valence-electron chi connectivity index (χ2n) is 3.81. The number of anilines is 1. The van der Waals surface area contributed by atoms with E-state index in [9.17, 15) is 0 Å². The molecule has 0 saturated carbocycles. The highest BCUT2D eigenvalue weighted by atomic mass is 79.9. The van der Waals surface area contributed by atoms with Crippen LogP contribution in [0.2, 0.25) is 0 Å². The second kappa shape index (κ2) is 5.63. The number of rotatable bonds is 4. The van der Waals surface area contributed by atoms with Crippen molar-refractivity contribution in [1.29, 1.82) is 0 Å². The fourth-order valence-electron chi connectivity index (χ4n) is 1.51. The van der Waals surface area contributed by atoms with Crippen molar-refractivity contribution in [2.75, 3.05) is 5.73 Å². The number of halogens is 1. The van der Waals surface area contributed by atoms with Gasteiger partial charge in [-0.15, -0.1) is 5.10 Å². The Bertz CT molecular complexity index is 727. The van der Waals surface area contributed by atoms with Crippen LogP contribution in [0.5, 0.6) is 0 Å². The molecular formula is C11H9BrN6OS. The number of H-pyrrole nitrogens is 1. The maximum absolute atomic E-state index is 5.44. The van der Waals surface area contributed by atoms with E-state index >= 15 is 0 Å². The average molecular weight is 353 g/mol. The zero-order valence-corrected chi connectivity index (χ0v) is 12.5. The van der Waals surface area contributed by atoms with Crippen LogP contribution in [0.4, 0.5) is 5.95 Å². The molecule has 2 aromatic heterocycles. The third kappa shape index (κ3) is 2.99. The van der Waals surface area contributed by atoms with E-state index < -0.39 is 0 Å². The Morgan fingerprint density at radius 2 is 2.25 bits per heavy atom. The van der Waals surface area contributed by atoms with E-state index in [1.807, 2.05) is 24.3 Å². The summed E-state index contributed by atoms with van der Waals surface area (Å²) >= 11 is 4.77. The van der Waals surface area contributed by atoms with Crippen LogP contribution >= 0.6 is 27.7 Å². The highest BCUT2D eigenvalue weighted by molar-refractivity contribution is 9.10. The first-order chi connectivity index (χ1) is 9.70. The second-order valence-corrected chi connectivity index (χ2v) is 5.67. The van der Waals surface area contributed by atoms with E-state index in [-0.39, 0.29) is 5.95 Å². The van der Waals surface area contributed by atoms with Crippen LogP contribution in [0.25, 0.3) is 11.4 Å². The molecular weight excluding hydrogens is 344 g/mol. The lowest BCUT2D eigenvalue weighted by Crippen LogP contribution is -1.85. The maximum atomic E-state index is 5.44. The number of benzene rings is 1. The number of hydrogen-bond donors (Lipinski definition) is 2. The summed E-state index contributed by atoms with van der Waals surface area (Å²) in [6.45, 7) is 0. The van der Waals surface area contributed by atoms with Crippen LogP contribution in [0, 0.1) is 0 Å². The first-order valence-electron chi connectivity index (χ1n) is 5.60. The smallest absolute Gasteiger partial charge is 0.237 e. The molecule has 3 N–H and O–H groups in total. The van der Waals surface area contributed by atoms with Gasteiger partial charge in [-0.25, -0.2) is 5.10 Å². The van der Waals surface area contributed by atoms with Gasteiger partial charge in [0.2, 0.25) is 22.8 Å². The SMILES string of the molecule is Nc1nc(SCc2nc(-c3cccc(Br)c3)no2)n[nH]1. The van der Waals surface area contributed by atoms with Gasteiger partial charge in [0.1, 0.15) is 0 Å². The van der Waals surface area contributed by atoms with Gasteiger partial charge in [-0.1, -0.05) is 45.0 Å². The Hall–Kier alpha value is -1.87. The van der Waals surface area contributed by atoms with Crippen molar-refractivity contribution in [1.82, 2.24) is 25.3 Å². The van der Waals surface area contributed by atoms with Gasteiger partial charge in [0.05, 0.1) is 5.75 Å². The van der Waals surface area contributed by atoms with Gasteiger partial charge in [0, 0.05) is 10.0 Å². The molecule has 0 fully saturated rings. The van der Waals surface area contributed by atoms with Crippen LogP contribution in [-0.4, -0.2) is 25.3 Å². The molecule has 1 aromatic carbocycles. The van der Waals surface area contributed by atoms with Crippen LogP contribution in [0.15, 0.2) is 38.4 Å². The zero-order chi connectivity index (χ0) is 13.9. The molecule has 2 heterocycles. The summed E-state index contributed by atoms with van der Waals surface area (Å²) < 4.78 is 6.16. The maximum Gasteiger partial charge on any atom is 0.237 e. The molecule has 0 unspecified atom stereocenters. The molecule has 0 amide bonds. The highest BCUT2D eigenvalue weighted by Gasteiger charge is 2.10. The molecule has 0 aliphatic heterocycles. The molecule has 3 aromatic rings. The van der Waals surface area contributed by atoms with E-state index in [0.717, 1.165) is 10.0 Å². The summed E-state index contributed by atoms with van der Waals surface area (Å²) in [5.41, 5.74) is 6.33. The lowest BCUT2D eigenvalue weighted by atomic mass is 10.2. The van der Waals surface area contributed by atoms with Crippen molar-refractivity contribution in [3.63, 3.8) is 0 Å². The first kappa shape index (κ1) is 13.1. The van der Waals surface area contributed by atoms with Crippen LogP contribution in [0.3, 0.4) is 0 Å². The number of hydrogen-bond acceptors (Lipinski definition) is 7. The molecule has 102 valence electrons. The summed E-state index contributed by atoms with van der Waals surface area (Å²) in [6.07, 6.45) is 0. The average Bonchev–Trinajstić information content (AvgIpc) is 3.05. The third-order valence-electron chi connectivity index (χ3n) is 2.36. The van der Waals surface area contributed by atoms with Gasteiger partial charge in [0.15, 0.2) is 0 Å². The minimum absolute atomic E-state index is 0.285. The van der Waals surface area contributed by atoms with E-state index in [1.165, 1.54) is 11.8 Å². The van der Waals surface area contributed by atoms with Crippen LogP contribution < -0.4 is 5.73 Å². The molecule has 0 aliphatic rings. The zero-order valence-electron chi connectivity index (χ0n) is 10.1. The Labute approximate surface area is 126 Å². The molecule has 3 rings (SSSR count). The Kier molecular flexibility index (Phi) is 3.70. The minimum atomic E-state index is 0.285. The Morgan fingerprint density at radius 1 is 1.35 bits per heavy atom. The molecule has 7 nitrogen and oxygen atoms in total. The van der Waals surface area contributed by atoms with Crippen molar-refractivity contribution in [2.45, 2.75) is 10.9 Å². The van der Waals surface area contributed by atoms with Crippen molar-refractivity contribution >= 4 is 33.6 Å². The van der Waals surface area contributed by atoms with Gasteiger partial charge in [0.25, 0.3) is 0 Å². The van der Waals surface area contributed by atoms with Crippen molar-refractivity contribution < 1.29 is 4.52 Å². The molecule has 0 bridgehead atoms. The summed E-state index contributed by atoms with van der Waals surface area (Å²) in [5.74, 6) is 1.83. The van der Waals surface area contributed by atoms with Crippen molar-refractivity contribution in [3.8, 4) is 11.4 Å². The minimum Gasteiger partial charge on any atom is -0.368 e. The molecule has 9 heteroatoms. The van der Waals surface area contributed by atoms with Gasteiger partial charge in [-0.2, -0.15) is 9.97 Å². The quantitative estimate of drug-likeness (QED) is 0.694. The van der Waals surface area contributed by atoms with Crippen molar-refractivity contribution in [2.24, 2.45) is 0 Å². The highest BCUT2D eigenvalue weighted by Crippen LogP contribution is 2.23.